The summed E-state index contributed by atoms with van der Waals surface area (Å²) < 4.78 is 9.51. The smallest absolute Gasteiger partial charge is 0.255 e. The van der Waals surface area contributed by atoms with E-state index in [0.29, 0.717) is 35.9 Å². The Morgan fingerprint density at radius 1 is 1.19 bits per heavy atom. The molecule has 0 aliphatic carbocycles. The maximum atomic E-state index is 13.0. The molecule has 0 saturated carbocycles. The molecule has 0 spiro atoms. The summed E-state index contributed by atoms with van der Waals surface area (Å²) in [4.78, 5) is 22.6. The first-order valence-corrected chi connectivity index (χ1v) is 14.6. The minimum absolute atomic E-state index is 0.186. The standard InChI is InChI=1S/C22H35N7O2Si/c1-15-19(25-16-11-23-28(5)12-16)26-18-17(21(30)27-22(2,3)4)13-29(20(18)24-15)14-31-9-10-32(6,7)8/h11-13H,9-10,14H2,1-8H3,(H,25,26)(H,27,30). The average molecular weight is 458 g/mol. The first-order valence-electron chi connectivity index (χ1n) is 10.9. The molecule has 0 radical (unpaired) electrons. The van der Waals surface area contributed by atoms with Crippen molar-refractivity contribution in [3.05, 3.63) is 29.8 Å². The Labute approximate surface area is 190 Å². The summed E-state index contributed by atoms with van der Waals surface area (Å²) in [5.74, 6) is 0.404. The van der Waals surface area contributed by atoms with Crippen molar-refractivity contribution in [3.63, 3.8) is 0 Å². The highest BCUT2D eigenvalue weighted by Gasteiger charge is 2.23. The van der Waals surface area contributed by atoms with Gasteiger partial charge in [-0.1, -0.05) is 19.6 Å². The summed E-state index contributed by atoms with van der Waals surface area (Å²) in [5.41, 5.74) is 2.81. The number of nitrogens with one attached hydrogen (secondary N) is 2. The lowest BCUT2D eigenvalue weighted by atomic mass is 10.1. The Morgan fingerprint density at radius 3 is 2.50 bits per heavy atom. The largest absolute Gasteiger partial charge is 0.361 e. The van der Waals surface area contributed by atoms with Crippen LogP contribution in [0, 0.1) is 6.92 Å². The van der Waals surface area contributed by atoms with E-state index in [0.717, 1.165) is 17.4 Å². The minimum atomic E-state index is -1.18. The molecule has 0 unspecified atom stereocenters. The predicted molar refractivity (Wildman–Crippen MR) is 130 cm³/mol. The van der Waals surface area contributed by atoms with Gasteiger partial charge in [-0.25, -0.2) is 9.97 Å². The van der Waals surface area contributed by atoms with Crippen molar-refractivity contribution in [1.82, 2.24) is 29.6 Å². The third-order valence-electron chi connectivity index (χ3n) is 4.79. The van der Waals surface area contributed by atoms with Gasteiger partial charge in [-0.3, -0.25) is 9.48 Å². The van der Waals surface area contributed by atoms with Crippen molar-refractivity contribution >= 4 is 36.7 Å². The van der Waals surface area contributed by atoms with Crippen molar-refractivity contribution < 1.29 is 9.53 Å². The van der Waals surface area contributed by atoms with Gasteiger partial charge in [0, 0.05) is 39.7 Å². The minimum Gasteiger partial charge on any atom is -0.361 e. The van der Waals surface area contributed by atoms with Crippen LogP contribution in [0.1, 0.15) is 36.8 Å². The first kappa shape index (κ1) is 23.9. The van der Waals surface area contributed by atoms with Crippen LogP contribution in [0.25, 0.3) is 11.2 Å². The molecule has 9 nitrogen and oxygen atoms in total. The number of nitrogens with zero attached hydrogens (tertiary/aromatic N) is 5. The van der Waals surface area contributed by atoms with E-state index in [1.807, 2.05) is 45.5 Å². The molecule has 0 atom stereocenters. The number of anilines is 2. The third kappa shape index (κ3) is 6.16. The van der Waals surface area contributed by atoms with Crippen LogP contribution in [0.5, 0.6) is 0 Å². The zero-order chi connectivity index (χ0) is 23.7. The summed E-state index contributed by atoms with van der Waals surface area (Å²) in [6.45, 7) is 15.7. The number of aryl methyl sites for hydroxylation is 2. The number of rotatable bonds is 8. The molecule has 3 aromatic heterocycles. The second kappa shape index (κ2) is 9.03. The highest BCUT2D eigenvalue weighted by molar-refractivity contribution is 6.76. The van der Waals surface area contributed by atoms with E-state index in [2.05, 4.69) is 35.4 Å². The van der Waals surface area contributed by atoms with Gasteiger partial charge >= 0.3 is 0 Å². The summed E-state index contributed by atoms with van der Waals surface area (Å²) in [6.07, 6.45) is 5.36. The summed E-state index contributed by atoms with van der Waals surface area (Å²) >= 11 is 0. The Hall–Kier alpha value is -2.72. The number of carbonyl (C=O) groups is 1. The predicted octanol–water partition coefficient (Wildman–Crippen LogP) is 4.06. The van der Waals surface area contributed by atoms with Crippen LogP contribution in [0.2, 0.25) is 25.7 Å². The molecule has 0 aliphatic rings. The normalized spacial score (nSPS) is 12.4. The maximum absolute atomic E-state index is 13.0. The van der Waals surface area contributed by atoms with Crippen molar-refractivity contribution in [2.24, 2.45) is 7.05 Å². The molecular weight excluding hydrogens is 422 g/mol. The van der Waals surface area contributed by atoms with E-state index in [1.54, 1.807) is 17.1 Å². The van der Waals surface area contributed by atoms with Gasteiger partial charge in [0.05, 0.1) is 23.1 Å². The molecule has 0 aliphatic heterocycles. The fourth-order valence-electron chi connectivity index (χ4n) is 3.12. The maximum Gasteiger partial charge on any atom is 0.255 e. The molecule has 10 heteroatoms. The summed E-state index contributed by atoms with van der Waals surface area (Å²) in [6, 6.07) is 1.08. The number of hydrogen-bond acceptors (Lipinski definition) is 6. The van der Waals surface area contributed by atoms with Gasteiger partial charge in [-0.2, -0.15) is 5.10 Å². The van der Waals surface area contributed by atoms with Crippen LogP contribution < -0.4 is 10.6 Å². The van der Waals surface area contributed by atoms with Crippen molar-refractivity contribution in [2.45, 2.75) is 65.6 Å². The zero-order valence-electron chi connectivity index (χ0n) is 20.4. The monoisotopic (exact) mass is 457 g/mol. The highest BCUT2D eigenvalue weighted by atomic mass is 28.3. The summed E-state index contributed by atoms with van der Waals surface area (Å²) in [7, 11) is 0.669. The first-order chi connectivity index (χ1) is 14.8. The van der Waals surface area contributed by atoms with E-state index in [1.165, 1.54) is 0 Å². The molecule has 2 N–H and O–H groups in total. The molecule has 3 aromatic rings. The Morgan fingerprint density at radius 2 is 1.91 bits per heavy atom. The second-order valence-corrected chi connectivity index (χ2v) is 16.0. The number of aromatic nitrogens is 5. The fourth-order valence-corrected chi connectivity index (χ4v) is 3.88. The lowest BCUT2D eigenvalue weighted by Gasteiger charge is -2.20. The molecule has 0 saturated heterocycles. The van der Waals surface area contributed by atoms with E-state index < -0.39 is 8.07 Å². The molecule has 1 amide bonds. The topological polar surface area (TPSA) is 98.9 Å². The lowest BCUT2D eigenvalue weighted by Crippen LogP contribution is -2.40. The van der Waals surface area contributed by atoms with Gasteiger partial charge in [0.2, 0.25) is 0 Å². The third-order valence-corrected chi connectivity index (χ3v) is 6.50. The van der Waals surface area contributed by atoms with Gasteiger partial charge in [0.1, 0.15) is 12.2 Å². The van der Waals surface area contributed by atoms with E-state index in [9.17, 15) is 4.79 Å². The Balaban J connectivity index is 1.96. The van der Waals surface area contributed by atoms with Crippen LogP contribution in [0.3, 0.4) is 0 Å². The number of hydrogen-bond donors (Lipinski definition) is 2. The Kier molecular flexibility index (Phi) is 6.75. The molecule has 0 fully saturated rings. The quantitative estimate of drug-likeness (QED) is 0.391. The van der Waals surface area contributed by atoms with Crippen LogP contribution in [-0.2, 0) is 18.5 Å². The van der Waals surface area contributed by atoms with Gasteiger partial charge in [0.15, 0.2) is 11.5 Å². The molecule has 32 heavy (non-hydrogen) atoms. The lowest BCUT2D eigenvalue weighted by molar-refractivity contribution is 0.0886. The molecule has 174 valence electrons. The van der Waals surface area contributed by atoms with Crippen molar-refractivity contribution in [1.29, 1.82) is 0 Å². The van der Waals surface area contributed by atoms with E-state index in [4.69, 9.17) is 14.7 Å². The van der Waals surface area contributed by atoms with Gasteiger partial charge in [0.25, 0.3) is 5.91 Å². The molecule has 3 heterocycles. The van der Waals surface area contributed by atoms with Gasteiger partial charge in [-0.15, -0.1) is 0 Å². The number of ether oxygens (including phenoxy) is 1. The van der Waals surface area contributed by atoms with Crippen LogP contribution in [0.4, 0.5) is 11.5 Å². The van der Waals surface area contributed by atoms with Crippen molar-refractivity contribution in [3.8, 4) is 0 Å². The number of fused-ring (bicyclic) bond motifs is 1. The van der Waals surface area contributed by atoms with E-state index >= 15 is 0 Å². The van der Waals surface area contributed by atoms with Crippen LogP contribution >= 0.6 is 0 Å². The highest BCUT2D eigenvalue weighted by Crippen LogP contribution is 2.25. The van der Waals surface area contributed by atoms with Crippen LogP contribution in [0.15, 0.2) is 18.6 Å². The molecule has 0 bridgehead atoms. The SMILES string of the molecule is Cc1nc2c(nc1Nc1cnn(C)c1)c(C(=O)NC(C)(C)C)cn2COCC[Si](C)(C)C. The van der Waals surface area contributed by atoms with E-state index in [-0.39, 0.29) is 11.4 Å². The van der Waals surface area contributed by atoms with Crippen molar-refractivity contribution in [2.75, 3.05) is 11.9 Å². The summed E-state index contributed by atoms with van der Waals surface area (Å²) in [5, 5.41) is 10.5. The Bertz CT molecular complexity index is 1110. The zero-order valence-corrected chi connectivity index (χ0v) is 21.4. The fraction of sp³-hybridized carbons (Fsp3) is 0.545. The number of carbonyl (C=O) groups excluding carboxylic acids is 1. The molecular formula is C22H35N7O2Si. The molecule has 0 aromatic carbocycles. The number of amides is 1. The molecule has 3 rings (SSSR count). The average Bonchev–Trinajstić information content (AvgIpc) is 3.20. The van der Waals surface area contributed by atoms with Crippen LogP contribution in [-0.4, -0.2) is 50.4 Å². The second-order valence-electron chi connectivity index (χ2n) is 10.4. The van der Waals surface area contributed by atoms with Gasteiger partial charge < -0.3 is 19.9 Å². The van der Waals surface area contributed by atoms with Gasteiger partial charge in [-0.05, 0) is 33.7 Å².